The van der Waals surface area contributed by atoms with Crippen molar-refractivity contribution in [2.24, 2.45) is 0 Å². The van der Waals surface area contributed by atoms with E-state index in [-0.39, 0.29) is 11.8 Å². The van der Waals surface area contributed by atoms with E-state index in [0.29, 0.717) is 5.75 Å². The summed E-state index contributed by atoms with van der Waals surface area (Å²) in [6.07, 6.45) is 0. The number of phenolic OH excluding ortho intramolecular Hbond substituents is 1. The molecule has 186 valence electrons. The number of para-hydroxylation sites is 4. The van der Waals surface area contributed by atoms with Gasteiger partial charge in [-0.3, -0.25) is 0 Å². The van der Waals surface area contributed by atoms with Gasteiger partial charge in [-0.2, -0.15) is 0 Å². The minimum absolute atomic E-state index is 0.0611. The summed E-state index contributed by atoms with van der Waals surface area (Å²) in [6.45, 7) is 2.14. The van der Waals surface area contributed by atoms with Crippen molar-refractivity contribution >= 4 is 22.7 Å². The molecule has 7 rings (SSSR count). The van der Waals surface area contributed by atoms with Gasteiger partial charge in [0, 0.05) is 59.8 Å². The monoisotopic (exact) mass is 494 g/mol. The zero-order valence-corrected chi connectivity index (χ0v) is 21.9. The van der Waals surface area contributed by atoms with E-state index in [2.05, 4.69) is 140 Å². The summed E-state index contributed by atoms with van der Waals surface area (Å²) in [5.41, 5.74) is 12.6. The lowest BCUT2D eigenvalue weighted by atomic mass is 9.75. The summed E-state index contributed by atoms with van der Waals surface area (Å²) >= 11 is 0. The maximum atomic E-state index is 12.2. The minimum Gasteiger partial charge on any atom is -0.507 e. The lowest BCUT2D eigenvalue weighted by molar-refractivity contribution is 0.458. The first kappa shape index (κ1) is 22.7. The summed E-state index contributed by atoms with van der Waals surface area (Å²) in [5, 5.41) is 12.2. The highest BCUT2D eigenvalue weighted by Crippen LogP contribution is 2.54. The van der Waals surface area contributed by atoms with Crippen LogP contribution in [-0.2, 0) is 0 Å². The van der Waals surface area contributed by atoms with Crippen molar-refractivity contribution in [1.29, 1.82) is 0 Å². The topological polar surface area (TPSA) is 26.7 Å². The van der Waals surface area contributed by atoms with E-state index < -0.39 is 0 Å². The normalized spacial score (nSPS) is 14.5. The molecule has 0 atom stereocenters. The number of nitrogens with zero attached hydrogens (tertiary/aromatic N) is 2. The second-order valence-electron chi connectivity index (χ2n) is 10.5. The van der Waals surface area contributed by atoms with E-state index in [0.717, 1.165) is 16.7 Å². The highest BCUT2D eigenvalue weighted by atomic mass is 16.3. The van der Waals surface area contributed by atoms with E-state index in [1.165, 1.54) is 45.0 Å². The van der Waals surface area contributed by atoms with Crippen LogP contribution >= 0.6 is 0 Å². The molecule has 0 fully saturated rings. The van der Waals surface area contributed by atoms with Gasteiger partial charge >= 0.3 is 0 Å². The number of phenols is 1. The molecule has 2 heterocycles. The Morgan fingerprint density at radius 1 is 0.474 bits per heavy atom. The predicted molar refractivity (Wildman–Crippen MR) is 157 cm³/mol. The van der Waals surface area contributed by atoms with Crippen LogP contribution in [0.1, 0.15) is 50.8 Å². The van der Waals surface area contributed by atoms with Crippen LogP contribution in [-0.4, -0.2) is 19.2 Å². The van der Waals surface area contributed by atoms with Crippen LogP contribution in [0.2, 0.25) is 0 Å². The molecule has 38 heavy (non-hydrogen) atoms. The van der Waals surface area contributed by atoms with E-state index >= 15 is 0 Å². The van der Waals surface area contributed by atoms with Gasteiger partial charge in [-0.15, -0.1) is 0 Å². The van der Waals surface area contributed by atoms with E-state index in [1.54, 1.807) is 0 Å². The minimum atomic E-state index is -0.0611. The Labute approximate surface area is 224 Å². The molecule has 2 aliphatic heterocycles. The molecule has 0 unspecified atom stereocenters. The molecule has 0 bridgehead atoms. The van der Waals surface area contributed by atoms with Crippen molar-refractivity contribution in [3.63, 3.8) is 0 Å². The molecule has 3 heteroatoms. The lowest BCUT2D eigenvalue weighted by Gasteiger charge is -2.38. The van der Waals surface area contributed by atoms with Gasteiger partial charge in [0.2, 0.25) is 0 Å². The van der Waals surface area contributed by atoms with Gasteiger partial charge in [0.1, 0.15) is 5.75 Å². The Bertz CT molecular complexity index is 1490. The first-order valence-corrected chi connectivity index (χ1v) is 13.2. The average molecular weight is 495 g/mol. The quantitative estimate of drug-likeness (QED) is 0.268. The average Bonchev–Trinajstić information content (AvgIpc) is 2.95. The zero-order valence-electron chi connectivity index (χ0n) is 21.9. The SMILES string of the molecule is Cc1cc(C2c3ccccc3N(C)c3ccccc32)c(O)c(C2c3ccccc3N(C)c3ccccc32)c1. The predicted octanol–water partition coefficient (Wildman–Crippen LogP) is 8.22. The molecule has 0 saturated heterocycles. The Hall–Kier alpha value is -4.50. The molecule has 1 N–H and O–H groups in total. The summed E-state index contributed by atoms with van der Waals surface area (Å²) in [7, 11) is 4.25. The van der Waals surface area contributed by atoms with Crippen LogP contribution in [0.25, 0.3) is 0 Å². The fourth-order valence-corrected chi connectivity index (χ4v) is 6.69. The van der Waals surface area contributed by atoms with Gasteiger partial charge in [0.15, 0.2) is 0 Å². The third-order valence-corrected chi connectivity index (χ3v) is 8.37. The molecule has 0 aromatic heterocycles. The number of fused-ring (bicyclic) bond motifs is 4. The number of rotatable bonds is 2. The van der Waals surface area contributed by atoms with Gasteiger partial charge < -0.3 is 14.9 Å². The van der Waals surface area contributed by atoms with Gasteiger partial charge in [0.05, 0.1) is 0 Å². The second kappa shape index (κ2) is 8.53. The first-order chi connectivity index (χ1) is 18.5. The summed E-state index contributed by atoms with van der Waals surface area (Å²) < 4.78 is 0. The van der Waals surface area contributed by atoms with Crippen LogP contribution in [0.3, 0.4) is 0 Å². The van der Waals surface area contributed by atoms with Gasteiger partial charge in [0.25, 0.3) is 0 Å². The molecular weight excluding hydrogens is 464 g/mol. The van der Waals surface area contributed by atoms with Crippen LogP contribution in [0, 0.1) is 6.92 Å². The van der Waals surface area contributed by atoms with E-state index in [4.69, 9.17) is 0 Å². The van der Waals surface area contributed by atoms with Crippen molar-refractivity contribution in [3.8, 4) is 5.75 Å². The smallest absolute Gasteiger partial charge is 0.123 e. The molecular formula is C35H30N2O. The fraction of sp³-hybridized carbons (Fsp3) is 0.143. The first-order valence-electron chi connectivity index (χ1n) is 13.2. The van der Waals surface area contributed by atoms with Gasteiger partial charge in [-0.25, -0.2) is 0 Å². The molecule has 0 radical (unpaired) electrons. The molecule has 5 aromatic rings. The van der Waals surface area contributed by atoms with Gasteiger partial charge in [-0.05, 0) is 53.4 Å². The Morgan fingerprint density at radius 2 is 0.763 bits per heavy atom. The molecule has 0 saturated carbocycles. The van der Waals surface area contributed by atoms with Crippen LogP contribution < -0.4 is 9.80 Å². The number of hydrogen-bond donors (Lipinski definition) is 1. The third-order valence-electron chi connectivity index (χ3n) is 8.37. The molecule has 0 amide bonds. The summed E-state index contributed by atoms with van der Waals surface area (Å²) in [5.74, 6) is 0.261. The largest absolute Gasteiger partial charge is 0.507 e. The number of aromatic hydroxyl groups is 1. The molecule has 5 aromatic carbocycles. The van der Waals surface area contributed by atoms with Crippen LogP contribution in [0.4, 0.5) is 22.7 Å². The molecule has 0 aliphatic carbocycles. The summed E-state index contributed by atoms with van der Waals surface area (Å²) in [4.78, 5) is 4.52. The van der Waals surface area contributed by atoms with Crippen molar-refractivity contribution in [1.82, 2.24) is 0 Å². The van der Waals surface area contributed by atoms with E-state index in [1.807, 2.05) is 0 Å². The highest BCUT2D eigenvalue weighted by Gasteiger charge is 2.35. The maximum absolute atomic E-state index is 12.2. The number of aryl methyl sites for hydroxylation is 1. The van der Waals surface area contributed by atoms with Crippen molar-refractivity contribution < 1.29 is 5.11 Å². The molecule has 2 aliphatic rings. The zero-order chi connectivity index (χ0) is 26.0. The second-order valence-corrected chi connectivity index (χ2v) is 10.5. The van der Waals surface area contributed by atoms with Crippen molar-refractivity contribution in [2.45, 2.75) is 18.8 Å². The van der Waals surface area contributed by atoms with Crippen LogP contribution in [0.15, 0.2) is 109 Å². The Morgan fingerprint density at radius 3 is 1.08 bits per heavy atom. The van der Waals surface area contributed by atoms with E-state index in [9.17, 15) is 5.11 Å². The Balaban J connectivity index is 1.50. The highest BCUT2D eigenvalue weighted by molar-refractivity contribution is 5.80. The third kappa shape index (κ3) is 3.21. The maximum Gasteiger partial charge on any atom is 0.123 e. The summed E-state index contributed by atoms with van der Waals surface area (Å²) in [6, 6.07) is 38.6. The standard InChI is InChI=1S/C35H30N2O/c1-22-20-27(33-23-12-4-8-16-29(23)36(2)30-17-9-5-13-24(30)33)35(38)28(21-22)34-25-14-6-10-18-31(25)37(3)32-19-11-7-15-26(32)34/h4-21,33-34,38H,1-3H3. The van der Waals surface area contributed by atoms with Crippen molar-refractivity contribution in [2.75, 3.05) is 23.9 Å². The number of hydrogen-bond acceptors (Lipinski definition) is 3. The molecule has 0 spiro atoms. The fourth-order valence-electron chi connectivity index (χ4n) is 6.69. The number of benzene rings is 5. The van der Waals surface area contributed by atoms with Crippen molar-refractivity contribution in [3.05, 3.63) is 148 Å². The van der Waals surface area contributed by atoms with Gasteiger partial charge in [-0.1, -0.05) is 90.5 Å². The lowest BCUT2D eigenvalue weighted by Crippen LogP contribution is -2.23. The Kier molecular flexibility index (Phi) is 5.09. The number of anilines is 4. The van der Waals surface area contributed by atoms with Crippen LogP contribution in [0.5, 0.6) is 5.75 Å². The molecule has 3 nitrogen and oxygen atoms in total.